The Morgan fingerprint density at radius 2 is 2.40 bits per heavy atom. The van der Waals surface area contributed by atoms with E-state index in [9.17, 15) is 9.59 Å². The third-order valence-electron chi connectivity index (χ3n) is 2.39. The van der Waals surface area contributed by atoms with E-state index in [1.165, 1.54) is 4.88 Å². The van der Waals surface area contributed by atoms with Gasteiger partial charge in [0.2, 0.25) is 11.8 Å². The molecule has 15 heavy (non-hydrogen) atoms. The Balaban J connectivity index is 1.98. The summed E-state index contributed by atoms with van der Waals surface area (Å²) < 4.78 is 0. The molecule has 4 nitrogen and oxygen atoms in total. The molecule has 1 aliphatic heterocycles. The van der Waals surface area contributed by atoms with Crippen LogP contribution in [0.3, 0.4) is 0 Å². The van der Waals surface area contributed by atoms with E-state index in [-0.39, 0.29) is 30.3 Å². The summed E-state index contributed by atoms with van der Waals surface area (Å²) in [5, 5.41) is 7.41. The minimum Gasteiger partial charge on any atom is -0.298 e. The molecule has 2 N–H and O–H groups in total. The lowest BCUT2D eigenvalue weighted by Crippen LogP contribution is -2.37. The smallest absolute Gasteiger partial charge is 0.244 e. The third-order valence-corrected chi connectivity index (χ3v) is 3.44. The zero-order chi connectivity index (χ0) is 10.8. The van der Waals surface area contributed by atoms with Crippen molar-refractivity contribution in [3.8, 4) is 0 Å². The second-order valence-electron chi connectivity index (χ2n) is 3.57. The fourth-order valence-corrected chi connectivity index (χ4v) is 2.35. The molecular formula is C10H12N2O2S. The maximum absolute atomic E-state index is 11.3. The van der Waals surface area contributed by atoms with Gasteiger partial charge in [-0.2, -0.15) is 0 Å². The predicted molar refractivity (Wildman–Crippen MR) is 57.4 cm³/mol. The molecule has 2 atom stereocenters. The van der Waals surface area contributed by atoms with E-state index in [1.54, 1.807) is 11.3 Å². The molecule has 5 heteroatoms. The first-order valence-electron chi connectivity index (χ1n) is 4.80. The zero-order valence-electron chi connectivity index (χ0n) is 8.32. The standard InChI is InChI=1S/C10H12N2O2S/c1-6(8-3-2-4-15-8)11-7-5-9(13)12-10(7)14/h2-4,6-7,11H,5H2,1H3,(H,12,13,14)/t6-,7?/m0/s1. The van der Waals surface area contributed by atoms with Crippen LogP contribution in [0.15, 0.2) is 17.5 Å². The molecule has 0 radical (unpaired) electrons. The van der Waals surface area contributed by atoms with Gasteiger partial charge in [0.25, 0.3) is 0 Å². The summed E-state index contributed by atoms with van der Waals surface area (Å²) >= 11 is 1.64. The van der Waals surface area contributed by atoms with Crippen molar-refractivity contribution in [3.63, 3.8) is 0 Å². The highest BCUT2D eigenvalue weighted by Crippen LogP contribution is 2.19. The monoisotopic (exact) mass is 224 g/mol. The molecule has 1 aromatic rings. The Morgan fingerprint density at radius 3 is 2.93 bits per heavy atom. The third kappa shape index (κ3) is 2.24. The van der Waals surface area contributed by atoms with Gasteiger partial charge in [-0.15, -0.1) is 11.3 Å². The van der Waals surface area contributed by atoms with Gasteiger partial charge >= 0.3 is 0 Å². The molecule has 0 aromatic carbocycles. The van der Waals surface area contributed by atoms with Crippen LogP contribution in [0.25, 0.3) is 0 Å². The van der Waals surface area contributed by atoms with E-state index in [2.05, 4.69) is 10.6 Å². The van der Waals surface area contributed by atoms with Crippen molar-refractivity contribution in [2.24, 2.45) is 0 Å². The number of hydrogen-bond acceptors (Lipinski definition) is 4. The van der Waals surface area contributed by atoms with E-state index in [0.29, 0.717) is 0 Å². The van der Waals surface area contributed by atoms with E-state index in [0.717, 1.165) is 0 Å². The quantitative estimate of drug-likeness (QED) is 0.747. The topological polar surface area (TPSA) is 58.2 Å². The molecule has 1 aromatic heterocycles. The molecule has 1 fully saturated rings. The summed E-state index contributed by atoms with van der Waals surface area (Å²) in [6, 6.07) is 3.70. The molecule has 1 aliphatic rings. The predicted octanol–water partition coefficient (Wildman–Crippen LogP) is 0.814. The van der Waals surface area contributed by atoms with Gasteiger partial charge in [-0.1, -0.05) is 6.07 Å². The lowest BCUT2D eigenvalue weighted by atomic mass is 10.2. The molecule has 2 rings (SSSR count). The van der Waals surface area contributed by atoms with Gasteiger partial charge in [0, 0.05) is 10.9 Å². The first kappa shape index (κ1) is 10.3. The fraction of sp³-hybridized carbons (Fsp3) is 0.400. The molecule has 0 spiro atoms. The average molecular weight is 224 g/mol. The molecule has 2 amide bonds. The normalized spacial score (nSPS) is 22.9. The number of rotatable bonds is 3. The molecule has 0 saturated carbocycles. The number of hydrogen-bond donors (Lipinski definition) is 2. The van der Waals surface area contributed by atoms with Crippen molar-refractivity contribution in [2.75, 3.05) is 0 Å². The largest absolute Gasteiger partial charge is 0.298 e. The van der Waals surface area contributed by atoms with E-state index in [1.807, 2.05) is 24.4 Å². The second-order valence-corrected chi connectivity index (χ2v) is 4.55. The summed E-state index contributed by atoms with van der Waals surface area (Å²) in [6.45, 7) is 1.99. The number of imide groups is 1. The van der Waals surface area contributed by atoms with Gasteiger partial charge in [-0.25, -0.2) is 0 Å². The van der Waals surface area contributed by atoms with Gasteiger partial charge in [0.05, 0.1) is 12.5 Å². The molecule has 1 unspecified atom stereocenters. The SMILES string of the molecule is C[C@H](NC1CC(=O)NC1=O)c1cccs1. The molecule has 80 valence electrons. The van der Waals surface area contributed by atoms with Crippen LogP contribution in [0.4, 0.5) is 0 Å². The average Bonchev–Trinajstić information content (AvgIpc) is 2.76. The van der Waals surface area contributed by atoms with Gasteiger partial charge in [-0.05, 0) is 18.4 Å². The first-order valence-corrected chi connectivity index (χ1v) is 5.68. The van der Waals surface area contributed by atoms with Crippen LogP contribution in [0.5, 0.6) is 0 Å². The minimum atomic E-state index is -0.380. The number of thiophene rings is 1. The molecular weight excluding hydrogens is 212 g/mol. The Labute approximate surface area is 91.7 Å². The summed E-state index contributed by atoms with van der Waals surface area (Å²) in [5.74, 6) is -0.417. The Bertz CT molecular complexity index is 375. The maximum atomic E-state index is 11.3. The maximum Gasteiger partial charge on any atom is 0.244 e. The van der Waals surface area contributed by atoms with Crippen molar-refractivity contribution >= 4 is 23.2 Å². The summed E-state index contributed by atoms with van der Waals surface area (Å²) in [4.78, 5) is 23.4. The second kappa shape index (κ2) is 4.12. The highest BCUT2D eigenvalue weighted by Gasteiger charge is 2.31. The van der Waals surface area contributed by atoms with Crippen molar-refractivity contribution < 1.29 is 9.59 Å². The lowest BCUT2D eigenvalue weighted by Gasteiger charge is -2.15. The Hall–Kier alpha value is -1.20. The van der Waals surface area contributed by atoms with Crippen molar-refractivity contribution in [3.05, 3.63) is 22.4 Å². The highest BCUT2D eigenvalue weighted by molar-refractivity contribution is 7.10. The Kier molecular flexibility index (Phi) is 2.83. The van der Waals surface area contributed by atoms with Crippen molar-refractivity contribution in [2.45, 2.75) is 25.4 Å². The number of amides is 2. The van der Waals surface area contributed by atoms with Crippen LogP contribution >= 0.6 is 11.3 Å². The molecule has 0 bridgehead atoms. The van der Waals surface area contributed by atoms with Crippen LogP contribution in [-0.4, -0.2) is 17.9 Å². The molecule has 0 aliphatic carbocycles. The number of nitrogens with one attached hydrogen (secondary N) is 2. The van der Waals surface area contributed by atoms with Crippen LogP contribution in [-0.2, 0) is 9.59 Å². The summed E-state index contributed by atoms with van der Waals surface area (Å²) in [7, 11) is 0. The van der Waals surface area contributed by atoms with Gasteiger partial charge < -0.3 is 0 Å². The van der Waals surface area contributed by atoms with Crippen LogP contribution < -0.4 is 10.6 Å². The van der Waals surface area contributed by atoms with Crippen LogP contribution in [0, 0.1) is 0 Å². The van der Waals surface area contributed by atoms with Gasteiger partial charge in [0.1, 0.15) is 0 Å². The van der Waals surface area contributed by atoms with Crippen LogP contribution in [0.1, 0.15) is 24.3 Å². The minimum absolute atomic E-state index is 0.103. The van der Waals surface area contributed by atoms with Crippen molar-refractivity contribution in [1.29, 1.82) is 0 Å². The van der Waals surface area contributed by atoms with Gasteiger partial charge in [0.15, 0.2) is 0 Å². The van der Waals surface area contributed by atoms with Gasteiger partial charge in [-0.3, -0.25) is 20.2 Å². The van der Waals surface area contributed by atoms with E-state index in [4.69, 9.17) is 0 Å². The fourth-order valence-electron chi connectivity index (χ4n) is 1.61. The van der Waals surface area contributed by atoms with Crippen LogP contribution in [0.2, 0.25) is 0 Å². The first-order chi connectivity index (χ1) is 7.16. The lowest BCUT2D eigenvalue weighted by molar-refractivity contribution is -0.125. The van der Waals surface area contributed by atoms with E-state index >= 15 is 0 Å². The molecule has 2 heterocycles. The van der Waals surface area contributed by atoms with Crippen molar-refractivity contribution in [1.82, 2.24) is 10.6 Å². The summed E-state index contributed by atoms with van der Waals surface area (Å²) in [6.07, 6.45) is 0.245. The zero-order valence-corrected chi connectivity index (χ0v) is 9.14. The Morgan fingerprint density at radius 1 is 1.60 bits per heavy atom. The summed E-state index contributed by atoms with van der Waals surface area (Å²) in [5.41, 5.74) is 0. The highest BCUT2D eigenvalue weighted by atomic mass is 32.1. The number of carbonyl (C=O) groups is 2. The van der Waals surface area contributed by atoms with E-state index < -0.39 is 0 Å². The molecule has 1 saturated heterocycles. The number of carbonyl (C=O) groups excluding carboxylic acids is 2.